The van der Waals surface area contributed by atoms with Crippen LogP contribution < -0.4 is 31.5 Å². The van der Waals surface area contributed by atoms with E-state index in [2.05, 4.69) is 31.6 Å². The zero-order valence-electron chi connectivity index (χ0n) is 50.4. The highest BCUT2D eigenvalue weighted by atomic mass is 32.1. The largest absolute Gasteiger partial charge is 0.481 e. The summed E-state index contributed by atoms with van der Waals surface area (Å²) in [6, 6.07) is 9.13. The van der Waals surface area contributed by atoms with Crippen LogP contribution >= 0.6 is 68.0 Å². The number of aromatic carboxylic acids is 1. The second kappa shape index (κ2) is 29.0. The molecule has 1 aliphatic heterocycles. The van der Waals surface area contributed by atoms with Crippen LogP contribution in [-0.2, 0) is 37.0 Å². The second-order valence-electron chi connectivity index (χ2n) is 21.9. The van der Waals surface area contributed by atoms with Crippen molar-refractivity contribution in [1.29, 1.82) is 0 Å². The number of methoxy groups -OCH3 is 1. The third kappa shape index (κ3) is 14.9. The number of hydrogen-bond acceptors (Lipinski definition) is 26. The lowest BCUT2D eigenvalue weighted by Crippen LogP contribution is -2.40. The number of aromatic nitrogens is 8. The number of thiazole rings is 6. The van der Waals surface area contributed by atoms with E-state index in [0.29, 0.717) is 88.7 Å². The predicted molar refractivity (Wildman–Crippen MR) is 346 cm³/mol. The molecule has 2 aliphatic rings. The van der Waals surface area contributed by atoms with Crippen LogP contribution in [-0.4, -0.2) is 130 Å². The molecule has 6 amide bonds. The van der Waals surface area contributed by atoms with Crippen LogP contribution in [0, 0.1) is 18.8 Å². The van der Waals surface area contributed by atoms with Gasteiger partial charge < -0.3 is 55.8 Å². The minimum absolute atomic E-state index is 0.0207. The fourth-order valence-corrected chi connectivity index (χ4v) is 15.8. The summed E-state index contributed by atoms with van der Waals surface area (Å²) in [5.74, 6) is -6.77. The van der Waals surface area contributed by atoms with Gasteiger partial charge in [0.15, 0.2) is 0 Å². The number of carboxylic acid groups (broad SMARTS) is 2. The Hall–Kier alpha value is -9.16. The van der Waals surface area contributed by atoms with Gasteiger partial charge in [0.05, 0.1) is 60.4 Å². The Morgan fingerprint density at radius 3 is 2.15 bits per heavy atom. The number of aliphatic hydroxyl groups is 1. The van der Waals surface area contributed by atoms with Gasteiger partial charge in [-0.1, -0.05) is 44.2 Å². The van der Waals surface area contributed by atoms with Crippen LogP contribution in [0.15, 0.2) is 74.7 Å². The van der Waals surface area contributed by atoms with Crippen molar-refractivity contribution in [1.82, 2.24) is 66.5 Å². The average molecular weight is 1390 g/mol. The minimum Gasteiger partial charge on any atom is -0.481 e. The number of amides is 6. The Kier molecular flexibility index (Phi) is 20.5. The van der Waals surface area contributed by atoms with Crippen LogP contribution in [0.25, 0.3) is 43.4 Å². The van der Waals surface area contributed by atoms with E-state index in [1.54, 1.807) is 65.5 Å². The molecule has 1 aromatic carbocycles. The lowest BCUT2D eigenvalue weighted by atomic mass is 9.87. The summed E-state index contributed by atoms with van der Waals surface area (Å²) in [5.41, 5.74) is 2.20. The van der Waals surface area contributed by atoms with E-state index in [-0.39, 0.29) is 64.8 Å². The van der Waals surface area contributed by atoms with Crippen LogP contribution in [0.2, 0.25) is 0 Å². The molecule has 0 spiro atoms. The lowest BCUT2D eigenvalue weighted by molar-refractivity contribution is -0.143. The van der Waals surface area contributed by atoms with E-state index in [1.807, 2.05) is 13.8 Å². The molecule has 11 rings (SSSR count). The highest BCUT2D eigenvalue weighted by Crippen LogP contribution is 2.41. The maximum atomic E-state index is 14.4. The zero-order chi connectivity index (χ0) is 66.5. The molecule has 8 aromatic heterocycles. The average Bonchev–Trinajstić information content (AvgIpc) is 1.63. The smallest absolute Gasteiger partial charge is 0.416 e. The first-order chi connectivity index (χ1) is 45.2. The molecular formula is C60H58N14O14S6. The third-order valence-electron chi connectivity index (χ3n) is 15.1. The Morgan fingerprint density at radius 1 is 0.713 bits per heavy atom. The molecule has 9 aromatic rings. The number of anilines is 1. The van der Waals surface area contributed by atoms with Gasteiger partial charge in [-0.25, -0.2) is 49.5 Å². The molecule has 4 atom stereocenters. The van der Waals surface area contributed by atoms with E-state index in [1.165, 1.54) is 30.9 Å². The second-order valence-corrected chi connectivity index (χ2v) is 27.7. The molecule has 0 saturated heterocycles. The molecule has 1 fully saturated rings. The van der Waals surface area contributed by atoms with Crippen LogP contribution in [0.5, 0.6) is 0 Å². The molecule has 8 N–H and O–H groups in total. The van der Waals surface area contributed by atoms with E-state index in [9.17, 15) is 53.7 Å². The molecule has 1 aliphatic carbocycles. The zero-order valence-corrected chi connectivity index (χ0v) is 55.3. The van der Waals surface area contributed by atoms with Crippen molar-refractivity contribution in [2.24, 2.45) is 11.8 Å². The van der Waals surface area contributed by atoms with Crippen LogP contribution in [0.4, 0.5) is 10.6 Å². The summed E-state index contributed by atoms with van der Waals surface area (Å²) < 4.78 is 16.5. The van der Waals surface area contributed by atoms with Gasteiger partial charge in [-0.05, 0) is 56.2 Å². The number of pyridine rings is 1. The van der Waals surface area contributed by atoms with Crippen molar-refractivity contribution >= 4 is 121 Å². The number of aryl methyl sites for hydroxylation is 1. The van der Waals surface area contributed by atoms with Crippen LogP contribution in [0.1, 0.15) is 148 Å². The highest BCUT2D eigenvalue weighted by Gasteiger charge is 2.35. The number of benzene rings is 1. The van der Waals surface area contributed by atoms with E-state index in [0.717, 1.165) is 67.8 Å². The molecule has 9 heterocycles. The van der Waals surface area contributed by atoms with Gasteiger partial charge in [-0.2, -0.15) is 0 Å². The number of nitrogens with zero attached hydrogens (tertiary/aromatic N) is 9. The summed E-state index contributed by atoms with van der Waals surface area (Å²) in [4.78, 5) is 148. The topological polar surface area (TPSA) is 395 Å². The molecule has 0 radical (unpaired) electrons. The molecule has 28 nitrogen and oxygen atoms in total. The number of rotatable bonds is 14. The predicted octanol–water partition coefficient (Wildman–Crippen LogP) is 8.78. The first-order valence-corrected chi connectivity index (χ1v) is 34.2. The third-order valence-corrected chi connectivity index (χ3v) is 20.8. The highest BCUT2D eigenvalue weighted by molar-refractivity contribution is 7.15. The summed E-state index contributed by atoms with van der Waals surface area (Å²) >= 11 is 6.87. The van der Waals surface area contributed by atoms with Crippen molar-refractivity contribution in [3.05, 3.63) is 129 Å². The van der Waals surface area contributed by atoms with E-state index >= 15 is 0 Å². The standard InChI is InChI=1S/C60H58N14O14S6/c1-26(2)42-57-73-45(38(94-57)21-86-5)49(79)62-18-41(76)70-46(47(77)28-9-7-6-8-10-28)56-68-37(24-91-56)54-66-35(22-90-54)44-32(52-67-36(23-89-52)48(78)65-34(17-40(75)61-4)55-72-43(27(3)93-55)50(80)71-42)15-16-33(64-44)53-69-39(25-92-53)74(19-30-20-87-51(63-30)59(83)84)60(85)88-31-13-11-29(12-14-31)58(81)82/h6-10,15-16,20,22-26,29,31,34,42,46-47,77H,11-14,17-19,21H2,1-5H3,(H,61,75)(H,62,79)(H,65,78)(H,70,76)(H,71,80)(H,81,82)(H,83,84)/t29?,31?,34-,42?,46-,47-/m0/s1. The van der Waals surface area contributed by atoms with Crippen LogP contribution in [0.3, 0.4) is 0 Å². The maximum absolute atomic E-state index is 14.4. The molecule has 1 saturated carbocycles. The molecule has 488 valence electrons. The number of nitrogens with one attached hydrogen (secondary N) is 5. The van der Waals surface area contributed by atoms with Crippen molar-refractivity contribution in [3.63, 3.8) is 0 Å². The molecule has 10 bridgehead atoms. The van der Waals surface area contributed by atoms with Crippen molar-refractivity contribution in [2.75, 3.05) is 25.6 Å². The van der Waals surface area contributed by atoms with E-state index in [4.69, 9.17) is 48.8 Å². The summed E-state index contributed by atoms with van der Waals surface area (Å²) in [6.07, 6.45) is -0.746. The Balaban J connectivity index is 0.980. The van der Waals surface area contributed by atoms with Gasteiger partial charge in [0.2, 0.25) is 11.8 Å². The number of carbonyl (C=O) groups is 8. The van der Waals surface area contributed by atoms with Gasteiger partial charge in [-0.3, -0.25) is 33.7 Å². The number of hydrogen-bond donors (Lipinski definition) is 8. The number of aliphatic hydroxyl groups excluding tert-OH is 1. The fraction of sp³-hybridized carbons (Fsp3) is 0.333. The Labute approximate surface area is 558 Å². The number of ether oxygens (including phenoxy) is 2. The number of aliphatic carboxylic acids is 1. The lowest BCUT2D eigenvalue weighted by Gasteiger charge is -2.28. The number of carboxylic acids is 2. The molecule has 94 heavy (non-hydrogen) atoms. The normalized spacial score (nSPS) is 18.3. The van der Waals surface area contributed by atoms with Crippen molar-refractivity contribution in [3.8, 4) is 43.4 Å². The molecule has 34 heteroatoms. The molecule has 1 unspecified atom stereocenters. The Morgan fingerprint density at radius 2 is 1.43 bits per heavy atom. The van der Waals surface area contributed by atoms with Gasteiger partial charge in [0, 0.05) is 46.1 Å². The molecular weight excluding hydrogens is 1330 g/mol. The van der Waals surface area contributed by atoms with Gasteiger partial charge in [0.25, 0.3) is 17.7 Å². The monoisotopic (exact) mass is 1390 g/mol. The first-order valence-electron chi connectivity index (χ1n) is 29.0. The quantitative estimate of drug-likeness (QED) is 0.0504. The first kappa shape index (κ1) is 66.3. The van der Waals surface area contributed by atoms with Crippen molar-refractivity contribution < 1.29 is 67.6 Å². The summed E-state index contributed by atoms with van der Waals surface area (Å²) in [6.45, 7) is 4.53. The number of carbonyl (C=O) groups excluding carboxylic acids is 6. The van der Waals surface area contributed by atoms with E-state index < -0.39 is 96.3 Å². The minimum atomic E-state index is -1.43. The Bertz CT molecular complexity index is 4320. The number of fused-ring (bicyclic) bond motifs is 14. The van der Waals surface area contributed by atoms with Crippen molar-refractivity contribution in [2.45, 2.75) is 96.4 Å². The van der Waals surface area contributed by atoms with Gasteiger partial charge >= 0.3 is 23.9 Å². The maximum Gasteiger partial charge on any atom is 0.416 e. The SMILES string of the molecule is CNC(=O)C[C@@H]1NC(=O)c2csc(n2)-c2ccc(-c3nc(N(Cc4coc(C(=O)O)n4)C(=O)OC4CCC(C(=O)O)CC4)cs3)nc2-c2csc(n2)-c2csc(n2)[C@H]([C@@H](O)c2ccccc2)NC(=O)CNC(=O)c2nc(sc2COC)C(C(C)C)NC(=O)c2nc1sc2C. The van der Waals surface area contributed by atoms with Gasteiger partial charge in [0.1, 0.15) is 94.5 Å². The summed E-state index contributed by atoms with van der Waals surface area (Å²) in [7, 11) is 2.91. The summed E-state index contributed by atoms with van der Waals surface area (Å²) in [5, 5.41) is 53.7. The number of oxazole rings is 1. The fourth-order valence-electron chi connectivity index (χ4n) is 10.2. The van der Waals surface area contributed by atoms with Gasteiger partial charge in [-0.15, -0.1) is 68.0 Å².